The lowest BCUT2D eigenvalue weighted by Crippen LogP contribution is -2.36. The van der Waals surface area contributed by atoms with Gasteiger partial charge in [-0.15, -0.1) is 0 Å². The predicted octanol–water partition coefficient (Wildman–Crippen LogP) is 2.08. The number of amides is 2. The zero-order chi connectivity index (χ0) is 22.8. The number of hydrogen-bond acceptors (Lipinski definition) is 8. The molecule has 0 aromatic heterocycles. The van der Waals surface area contributed by atoms with E-state index in [1.807, 2.05) is 0 Å². The molecule has 1 aliphatic rings. The van der Waals surface area contributed by atoms with Gasteiger partial charge in [0, 0.05) is 17.8 Å². The Bertz CT molecular complexity index is 1210. The fourth-order valence-electron chi connectivity index (χ4n) is 2.55. The lowest BCUT2D eigenvalue weighted by atomic mass is 10.2. The average molecular weight is 479 g/mol. The first-order valence-corrected chi connectivity index (χ1v) is 11.2. The molecule has 0 bridgehead atoms. The van der Waals surface area contributed by atoms with Crippen LogP contribution in [0.2, 0.25) is 0 Å². The molecule has 2 aromatic carbocycles. The van der Waals surface area contributed by atoms with E-state index in [9.17, 15) is 28.1 Å². The lowest BCUT2D eigenvalue weighted by molar-refractivity contribution is -0.384. The van der Waals surface area contributed by atoms with E-state index >= 15 is 0 Å². The molecule has 0 spiro atoms. The predicted molar refractivity (Wildman–Crippen MR) is 119 cm³/mol. The molecule has 160 valence electrons. The van der Waals surface area contributed by atoms with Gasteiger partial charge in [-0.3, -0.25) is 24.6 Å². The molecule has 10 nitrogen and oxygen atoms in total. The molecule has 13 heteroatoms. The maximum atomic E-state index is 12.6. The van der Waals surface area contributed by atoms with E-state index in [4.69, 9.17) is 17.4 Å². The van der Waals surface area contributed by atoms with Crippen molar-refractivity contribution in [1.82, 2.24) is 4.90 Å². The fraction of sp³-hybridized carbons (Fsp3) is 0.0556. The van der Waals surface area contributed by atoms with Crippen LogP contribution in [0.1, 0.15) is 5.56 Å². The van der Waals surface area contributed by atoms with Gasteiger partial charge in [0.05, 0.1) is 14.7 Å². The number of primary sulfonamides is 1. The lowest BCUT2D eigenvalue weighted by Gasteiger charge is -2.14. The Balaban J connectivity index is 1.66. The molecule has 3 N–H and O–H groups in total. The van der Waals surface area contributed by atoms with Crippen LogP contribution in [-0.2, 0) is 19.6 Å². The second kappa shape index (κ2) is 8.93. The number of nitro groups is 1. The van der Waals surface area contributed by atoms with Crippen LogP contribution in [0.4, 0.5) is 11.4 Å². The number of anilines is 1. The molecule has 0 aliphatic carbocycles. The number of nitro benzene ring substituents is 1. The number of non-ortho nitro benzene ring substituents is 1. The number of nitrogens with one attached hydrogen (secondary N) is 1. The third-order valence-electron chi connectivity index (χ3n) is 4.04. The first kappa shape index (κ1) is 22.6. The molecule has 1 fully saturated rings. The molecule has 31 heavy (non-hydrogen) atoms. The molecule has 1 aliphatic heterocycles. The van der Waals surface area contributed by atoms with Crippen molar-refractivity contribution in [3.63, 3.8) is 0 Å². The van der Waals surface area contributed by atoms with E-state index in [2.05, 4.69) is 5.32 Å². The van der Waals surface area contributed by atoms with Crippen LogP contribution < -0.4 is 10.5 Å². The summed E-state index contributed by atoms with van der Waals surface area (Å²) in [6, 6.07) is 10.9. The molecular formula is C18H14N4O6S3. The largest absolute Gasteiger partial charge is 0.325 e. The van der Waals surface area contributed by atoms with Crippen molar-refractivity contribution in [2.75, 3.05) is 11.9 Å². The van der Waals surface area contributed by atoms with Gasteiger partial charge in [-0.2, -0.15) is 0 Å². The third kappa shape index (κ3) is 5.52. The number of carbonyl (C=O) groups is 2. The van der Waals surface area contributed by atoms with Crippen LogP contribution in [0.3, 0.4) is 0 Å². The van der Waals surface area contributed by atoms with Gasteiger partial charge in [-0.05, 0) is 48.0 Å². The maximum absolute atomic E-state index is 12.6. The second-order valence-corrected chi connectivity index (χ2v) is 9.47. The van der Waals surface area contributed by atoms with Gasteiger partial charge >= 0.3 is 0 Å². The van der Waals surface area contributed by atoms with E-state index in [0.717, 1.165) is 16.7 Å². The quantitative estimate of drug-likeness (QED) is 0.277. The number of nitrogens with two attached hydrogens (primary N) is 1. The van der Waals surface area contributed by atoms with Crippen molar-refractivity contribution >= 4 is 67.6 Å². The molecule has 2 amide bonds. The highest BCUT2D eigenvalue weighted by Crippen LogP contribution is 2.32. The van der Waals surface area contributed by atoms with Crippen LogP contribution in [0.25, 0.3) is 6.08 Å². The number of nitrogens with zero attached hydrogens (tertiary/aromatic N) is 2. The molecule has 0 radical (unpaired) electrons. The smallest absolute Gasteiger partial charge is 0.269 e. The van der Waals surface area contributed by atoms with Gasteiger partial charge in [0.25, 0.3) is 11.6 Å². The highest BCUT2D eigenvalue weighted by molar-refractivity contribution is 8.26. The van der Waals surface area contributed by atoms with Gasteiger partial charge in [0.15, 0.2) is 0 Å². The highest BCUT2D eigenvalue weighted by Gasteiger charge is 2.33. The summed E-state index contributed by atoms with van der Waals surface area (Å²) in [4.78, 5) is 36.4. The number of carbonyl (C=O) groups excluding carboxylic acids is 2. The SMILES string of the molecule is NS(=O)(=O)c1ccc(NC(=O)CN2C(=O)/C(=C/c3ccc([N+](=O)[O-])cc3)SC2=S)cc1. The number of hydrogen-bond donors (Lipinski definition) is 2. The Labute approximate surface area is 186 Å². The first-order valence-electron chi connectivity index (χ1n) is 8.47. The summed E-state index contributed by atoms with van der Waals surface area (Å²) in [5, 5.41) is 18.3. The Morgan fingerprint density at radius 2 is 1.81 bits per heavy atom. The minimum atomic E-state index is -3.84. The van der Waals surface area contributed by atoms with E-state index in [-0.39, 0.29) is 26.4 Å². The minimum absolute atomic E-state index is 0.0709. The first-order chi connectivity index (χ1) is 14.5. The molecule has 1 saturated heterocycles. The van der Waals surface area contributed by atoms with Crippen LogP contribution >= 0.6 is 24.0 Å². The van der Waals surface area contributed by atoms with Crippen molar-refractivity contribution in [3.05, 3.63) is 69.1 Å². The number of thioether (sulfide) groups is 1. The molecule has 2 aromatic rings. The van der Waals surface area contributed by atoms with Crippen molar-refractivity contribution in [2.24, 2.45) is 5.14 Å². The molecule has 0 atom stereocenters. The number of thiocarbonyl (C=S) groups is 1. The van der Waals surface area contributed by atoms with E-state index in [0.29, 0.717) is 11.3 Å². The number of rotatable bonds is 6. The van der Waals surface area contributed by atoms with Gasteiger partial charge in [-0.25, -0.2) is 13.6 Å². The zero-order valence-electron chi connectivity index (χ0n) is 15.5. The van der Waals surface area contributed by atoms with Crippen LogP contribution in [0.5, 0.6) is 0 Å². The molecule has 0 saturated carbocycles. The Hall–Kier alpha value is -3.13. The fourth-order valence-corrected chi connectivity index (χ4v) is 4.32. The van der Waals surface area contributed by atoms with Crippen molar-refractivity contribution in [3.8, 4) is 0 Å². The Morgan fingerprint density at radius 1 is 1.19 bits per heavy atom. The van der Waals surface area contributed by atoms with Crippen molar-refractivity contribution in [2.45, 2.75) is 4.90 Å². The van der Waals surface area contributed by atoms with Gasteiger partial charge in [0.2, 0.25) is 15.9 Å². The summed E-state index contributed by atoms with van der Waals surface area (Å²) in [6.07, 6.45) is 1.53. The second-order valence-electron chi connectivity index (χ2n) is 6.23. The van der Waals surface area contributed by atoms with Crippen LogP contribution in [0.15, 0.2) is 58.3 Å². The summed E-state index contributed by atoms with van der Waals surface area (Å²) in [5.74, 6) is -0.996. The van der Waals surface area contributed by atoms with Crippen LogP contribution in [-0.4, -0.2) is 40.9 Å². The van der Waals surface area contributed by atoms with Crippen LogP contribution in [0, 0.1) is 10.1 Å². The Kier molecular flexibility index (Phi) is 6.50. The average Bonchev–Trinajstić information content (AvgIpc) is 2.95. The summed E-state index contributed by atoms with van der Waals surface area (Å²) in [7, 11) is -3.84. The van der Waals surface area contributed by atoms with E-state index in [1.165, 1.54) is 54.6 Å². The molecule has 3 rings (SSSR count). The molecule has 0 unspecified atom stereocenters. The van der Waals surface area contributed by atoms with E-state index < -0.39 is 26.8 Å². The van der Waals surface area contributed by atoms with Crippen molar-refractivity contribution < 1.29 is 22.9 Å². The maximum Gasteiger partial charge on any atom is 0.269 e. The Morgan fingerprint density at radius 3 is 2.35 bits per heavy atom. The highest BCUT2D eigenvalue weighted by atomic mass is 32.2. The minimum Gasteiger partial charge on any atom is -0.325 e. The van der Waals surface area contributed by atoms with Gasteiger partial charge < -0.3 is 5.32 Å². The topological polar surface area (TPSA) is 153 Å². The van der Waals surface area contributed by atoms with Crippen molar-refractivity contribution in [1.29, 1.82) is 0 Å². The number of benzene rings is 2. The third-order valence-corrected chi connectivity index (χ3v) is 6.35. The van der Waals surface area contributed by atoms with Gasteiger partial charge in [0.1, 0.15) is 10.9 Å². The number of sulfonamides is 1. The summed E-state index contributed by atoms with van der Waals surface area (Å²) in [5.41, 5.74) is 0.827. The monoisotopic (exact) mass is 478 g/mol. The zero-order valence-corrected chi connectivity index (χ0v) is 18.0. The summed E-state index contributed by atoms with van der Waals surface area (Å²) in [6.45, 7) is -0.334. The summed E-state index contributed by atoms with van der Waals surface area (Å²) < 4.78 is 22.7. The van der Waals surface area contributed by atoms with E-state index in [1.54, 1.807) is 0 Å². The normalized spacial score (nSPS) is 15.4. The molecular weight excluding hydrogens is 464 g/mol. The summed E-state index contributed by atoms with van der Waals surface area (Å²) >= 11 is 6.20. The van der Waals surface area contributed by atoms with Gasteiger partial charge in [-0.1, -0.05) is 24.0 Å². The molecule has 1 heterocycles. The standard InChI is InChI=1S/C18H14N4O6S3/c19-31(27,28)14-7-3-12(4-8-14)20-16(23)10-21-17(24)15(30-18(21)29)9-11-1-5-13(6-2-11)22(25)26/h1-9H,10H2,(H,20,23)(H2,19,27,28)/b15-9-.